The molecule has 1 aromatic rings. The minimum absolute atomic E-state index is 0. The maximum Gasteiger partial charge on any atom is 0.356 e. The predicted molar refractivity (Wildman–Crippen MR) is 58.7 cm³/mol. The smallest absolute Gasteiger partial charge is 0.356 e. The summed E-state index contributed by atoms with van der Waals surface area (Å²) in [4.78, 5) is 14.8. The van der Waals surface area contributed by atoms with Gasteiger partial charge < -0.3 is 4.74 Å². The first-order valence-electron chi connectivity index (χ1n) is 3.73. The molecule has 2 radical (unpaired) electrons. The van der Waals surface area contributed by atoms with E-state index in [1.165, 1.54) is 0 Å². The van der Waals surface area contributed by atoms with Crippen LogP contribution in [0, 0.1) is 0 Å². The summed E-state index contributed by atoms with van der Waals surface area (Å²) in [5.41, 5.74) is 0.356. The number of aromatic nitrogens is 1. The van der Waals surface area contributed by atoms with E-state index in [2.05, 4.69) is 32.6 Å². The molecule has 0 amide bonds. The van der Waals surface area contributed by atoms with Crippen molar-refractivity contribution in [2.24, 2.45) is 0 Å². The second-order valence-corrected chi connectivity index (χ2v) is 2.46. The van der Waals surface area contributed by atoms with Crippen LogP contribution < -0.4 is 0 Å². The van der Waals surface area contributed by atoms with Crippen molar-refractivity contribution in [2.45, 2.75) is 6.92 Å². The zero-order chi connectivity index (χ0) is 10.8. The molecule has 0 aliphatic rings. The third-order valence-corrected chi connectivity index (χ3v) is 1.15. The molecule has 0 spiro atoms. The first-order valence-corrected chi connectivity index (χ1v) is 4.35. The minimum atomic E-state index is -0.367. The van der Waals surface area contributed by atoms with Crippen molar-refractivity contribution in [2.75, 3.05) is 6.61 Å². The molecule has 84 valence electrons. The molecule has 0 N–H and O–H groups in total. The second-order valence-electron chi connectivity index (χ2n) is 1.99. The zero-order valence-corrected chi connectivity index (χ0v) is 11.1. The van der Waals surface area contributed by atoms with E-state index in [1.54, 1.807) is 31.3 Å². The van der Waals surface area contributed by atoms with Gasteiger partial charge in [-0.05, 0) is 19.1 Å². The van der Waals surface area contributed by atoms with Crippen LogP contribution in [0.2, 0.25) is 0 Å². The Morgan fingerprint density at radius 2 is 2.07 bits per heavy atom. The molecule has 0 atom stereocenters. The Kier molecular flexibility index (Phi) is 13.4. The van der Waals surface area contributed by atoms with Crippen molar-refractivity contribution in [1.29, 1.82) is 0 Å². The number of pyridine rings is 1. The summed E-state index contributed by atoms with van der Waals surface area (Å²) in [6.45, 7) is 2.15. The van der Waals surface area contributed by atoms with Crippen LogP contribution in [-0.2, 0) is 8.58 Å². The molecule has 0 aliphatic heterocycles. The summed E-state index contributed by atoms with van der Waals surface area (Å²) < 4.78 is 7.92. The third-order valence-electron chi connectivity index (χ3n) is 1.15. The molecule has 1 aromatic heterocycles. The quantitative estimate of drug-likeness (QED) is 0.620. The molecule has 0 saturated carbocycles. The van der Waals surface area contributed by atoms with E-state index in [0.717, 1.165) is 0 Å². The fourth-order valence-corrected chi connectivity index (χ4v) is 0.689. The Labute approximate surface area is 109 Å². The number of halogens is 2. The molecule has 4 nitrogen and oxygen atoms in total. The molecule has 1 rings (SSSR count). The van der Waals surface area contributed by atoms with Crippen LogP contribution in [-0.4, -0.2) is 34.6 Å². The maximum absolute atomic E-state index is 11.0. The van der Waals surface area contributed by atoms with Gasteiger partial charge in [0.2, 0.25) is 0 Å². The van der Waals surface area contributed by atoms with Crippen molar-refractivity contribution >= 4 is 46.8 Å². The van der Waals surface area contributed by atoms with Gasteiger partial charge in [0.15, 0.2) is 0 Å². The number of ether oxygens (including phenoxy) is 1. The summed E-state index contributed by atoms with van der Waals surface area (Å²) in [6, 6.07) is 5.12. The van der Waals surface area contributed by atoms with E-state index >= 15 is 0 Å². The molecule has 0 aliphatic carbocycles. The normalized spacial score (nSPS) is 7.93. The topological polar surface area (TPSA) is 48.4 Å². The van der Waals surface area contributed by atoms with Crippen molar-refractivity contribution in [3.8, 4) is 0 Å². The molecule has 0 unspecified atom stereocenters. The minimum Gasteiger partial charge on any atom is -0.461 e. The molecular formula is C8H9Cl2NO3Se. The van der Waals surface area contributed by atoms with Gasteiger partial charge in [-0.15, -0.1) is 0 Å². The molecule has 0 aromatic carbocycles. The van der Waals surface area contributed by atoms with Crippen molar-refractivity contribution < 1.29 is 13.4 Å². The molecule has 0 saturated heterocycles. The van der Waals surface area contributed by atoms with Gasteiger partial charge in [-0.1, -0.05) is 6.07 Å². The van der Waals surface area contributed by atoms with E-state index in [9.17, 15) is 4.79 Å². The van der Waals surface area contributed by atoms with Crippen molar-refractivity contribution in [1.82, 2.24) is 4.98 Å². The number of hydrogen-bond acceptors (Lipinski definition) is 4. The first-order chi connectivity index (χ1) is 6.76. The van der Waals surface area contributed by atoms with Crippen LogP contribution in [0.3, 0.4) is 0 Å². The summed E-state index contributed by atoms with van der Waals surface area (Å²) >= 11 is 8.53. The van der Waals surface area contributed by atoms with E-state index in [1.807, 2.05) is 0 Å². The molecule has 0 fully saturated rings. The predicted octanol–water partition coefficient (Wildman–Crippen LogP) is 2.19. The fraction of sp³-hybridized carbons (Fsp3) is 0.250. The number of carbonyl (C=O) groups is 1. The molecule has 1 heterocycles. The van der Waals surface area contributed by atoms with Crippen LogP contribution in [0.5, 0.6) is 0 Å². The van der Waals surface area contributed by atoms with Gasteiger partial charge >= 0.3 is 5.97 Å². The van der Waals surface area contributed by atoms with Crippen LogP contribution in [0.15, 0.2) is 24.4 Å². The van der Waals surface area contributed by atoms with Gasteiger partial charge in [-0.2, -0.15) is 3.84 Å². The summed E-state index contributed by atoms with van der Waals surface area (Å²) in [5, 5.41) is 0. The largest absolute Gasteiger partial charge is 0.461 e. The van der Waals surface area contributed by atoms with Crippen molar-refractivity contribution in [3.05, 3.63) is 30.1 Å². The van der Waals surface area contributed by atoms with Gasteiger partial charge in [0.25, 0.3) is 0 Å². The Morgan fingerprint density at radius 1 is 1.47 bits per heavy atom. The summed E-state index contributed by atoms with van der Waals surface area (Å²) in [5.74, 6) is -0.367. The maximum atomic E-state index is 11.0. The van der Waals surface area contributed by atoms with Crippen LogP contribution >= 0.6 is 23.7 Å². The summed E-state index contributed by atoms with van der Waals surface area (Å²) in [6.07, 6.45) is 1.56. The van der Waals surface area contributed by atoms with Gasteiger partial charge in [0, 0.05) is 23.3 Å². The third kappa shape index (κ3) is 8.66. The summed E-state index contributed by atoms with van der Waals surface area (Å²) in [7, 11) is 0. The second kappa shape index (κ2) is 11.8. The molecule has 0 bridgehead atoms. The van der Waals surface area contributed by atoms with E-state index in [-0.39, 0.29) is 23.0 Å². The average molecular weight is 317 g/mol. The van der Waals surface area contributed by atoms with E-state index in [0.29, 0.717) is 12.3 Å². The number of hydrogen-bond donors (Lipinski definition) is 0. The van der Waals surface area contributed by atoms with Gasteiger partial charge in [0.05, 0.1) is 30.3 Å². The van der Waals surface area contributed by atoms with Gasteiger partial charge in [-0.3, -0.25) is 0 Å². The number of nitrogens with zero attached hydrogens (tertiary/aromatic N) is 1. The first kappa shape index (κ1) is 17.1. The number of carbonyl (C=O) groups excluding carboxylic acids is 1. The van der Waals surface area contributed by atoms with E-state index in [4.69, 9.17) is 4.74 Å². The Morgan fingerprint density at radius 3 is 2.47 bits per heavy atom. The van der Waals surface area contributed by atoms with Crippen LogP contribution in [0.1, 0.15) is 17.4 Å². The Hall–Kier alpha value is -0.321. The monoisotopic (exact) mass is 317 g/mol. The number of esters is 1. The Balaban J connectivity index is 0. The number of rotatable bonds is 2. The Bertz CT molecular complexity index is 261. The van der Waals surface area contributed by atoms with Crippen LogP contribution in [0.4, 0.5) is 0 Å². The molecule has 15 heavy (non-hydrogen) atoms. The SMILES string of the molecule is CCOC(=O)c1ccccn1.ClOCl.[Se]. The fourth-order valence-electron chi connectivity index (χ4n) is 0.689. The van der Waals surface area contributed by atoms with Crippen molar-refractivity contribution in [3.63, 3.8) is 0 Å². The molecule has 7 heteroatoms. The molecular weight excluding hydrogens is 308 g/mol. The standard InChI is InChI=1S/C8H9NO2.Cl2O.Se/c1-2-11-8(10)7-5-3-4-6-9-7;1-3-2;/h3-6H,2H2,1H3;;. The van der Waals surface area contributed by atoms with Crippen LogP contribution in [0.25, 0.3) is 0 Å². The zero-order valence-electron chi connectivity index (χ0n) is 7.85. The van der Waals surface area contributed by atoms with E-state index < -0.39 is 0 Å². The van der Waals surface area contributed by atoms with Gasteiger partial charge in [-0.25, -0.2) is 9.78 Å². The van der Waals surface area contributed by atoms with Gasteiger partial charge in [0.1, 0.15) is 5.69 Å². The average Bonchev–Trinajstić information content (AvgIpc) is 2.21.